The topological polar surface area (TPSA) is 83.7 Å². The van der Waals surface area contributed by atoms with Crippen LogP contribution < -0.4 is 4.90 Å². The van der Waals surface area contributed by atoms with Crippen LogP contribution in [0.3, 0.4) is 0 Å². The zero-order valence-corrected chi connectivity index (χ0v) is 11.8. The van der Waals surface area contributed by atoms with Crippen molar-refractivity contribution in [3.05, 3.63) is 33.9 Å². The van der Waals surface area contributed by atoms with E-state index in [0.29, 0.717) is 5.69 Å². The zero-order valence-electron chi connectivity index (χ0n) is 11.0. The fourth-order valence-corrected chi connectivity index (χ4v) is 2.41. The molecule has 0 saturated heterocycles. The van der Waals surface area contributed by atoms with Gasteiger partial charge in [-0.15, -0.1) is 0 Å². The standard InChI is InChI=1S/C12H16N2O4S/c1-8(7-19-3)13(2)11-5-4-9(14(17)18)6-10(11)12(15)16/h4-6,8H,7H2,1-3H3,(H,15,16). The minimum absolute atomic E-state index is 0.0512. The molecule has 0 fully saturated rings. The second kappa shape index (κ2) is 6.42. The smallest absolute Gasteiger partial charge is 0.338 e. The summed E-state index contributed by atoms with van der Waals surface area (Å²) < 4.78 is 0. The highest BCUT2D eigenvalue weighted by atomic mass is 32.2. The zero-order chi connectivity index (χ0) is 14.6. The van der Waals surface area contributed by atoms with Gasteiger partial charge in [-0.3, -0.25) is 10.1 Å². The first-order valence-corrected chi connectivity index (χ1v) is 7.01. The number of hydrogen-bond donors (Lipinski definition) is 1. The number of nitro groups is 1. The van der Waals surface area contributed by atoms with Crippen molar-refractivity contribution in [3.8, 4) is 0 Å². The Labute approximate surface area is 115 Å². The van der Waals surface area contributed by atoms with Crippen molar-refractivity contribution in [2.24, 2.45) is 0 Å². The summed E-state index contributed by atoms with van der Waals surface area (Å²) in [5.41, 5.74) is 0.219. The normalized spacial score (nSPS) is 11.9. The number of rotatable bonds is 6. The molecular weight excluding hydrogens is 268 g/mol. The van der Waals surface area contributed by atoms with Crippen LogP contribution in [0.4, 0.5) is 11.4 Å². The minimum Gasteiger partial charge on any atom is -0.478 e. The maximum Gasteiger partial charge on any atom is 0.338 e. The van der Waals surface area contributed by atoms with E-state index in [0.717, 1.165) is 11.8 Å². The number of non-ortho nitro benzene ring substituents is 1. The Kier molecular flexibility index (Phi) is 5.17. The van der Waals surface area contributed by atoms with Gasteiger partial charge in [-0.2, -0.15) is 11.8 Å². The van der Waals surface area contributed by atoms with Crippen LogP contribution in [0, 0.1) is 10.1 Å². The molecule has 6 nitrogen and oxygen atoms in total. The molecule has 1 unspecified atom stereocenters. The first kappa shape index (κ1) is 15.3. The molecule has 1 rings (SSSR count). The van der Waals surface area contributed by atoms with Gasteiger partial charge in [0.1, 0.15) is 0 Å². The summed E-state index contributed by atoms with van der Waals surface area (Å²) in [7, 11) is 1.79. The molecule has 0 aliphatic carbocycles. The van der Waals surface area contributed by atoms with Crippen molar-refractivity contribution >= 4 is 29.1 Å². The maximum absolute atomic E-state index is 11.2. The van der Waals surface area contributed by atoms with Crippen LogP contribution in [-0.4, -0.2) is 41.1 Å². The molecule has 0 saturated carbocycles. The Morgan fingerprint density at radius 2 is 2.21 bits per heavy atom. The molecule has 0 aromatic heterocycles. The summed E-state index contributed by atoms with van der Waals surface area (Å²) in [6.45, 7) is 1.98. The molecule has 1 aromatic carbocycles. The minimum atomic E-state index is -1.16. The van der Waals surface area contributed by atoms with Gasteiger partial charge in [0.15, 0.2) is 0 Å². The number of carbonyl (C=O) groups is 1. The van der Waals surface area contributed by atoms with E-state index in [1.165, 1.54) is 12.1 Å². The third-order valence-corrected chi connectivity index (χ3v) is 3.69. The van der Waals surface area contributed by atoms with Crippen molar-refractivity contribution in [1.82, 2.24) is 0 Å². The molecule has 1 atom stereocenters. The second-order valence-electron chi connectivity index (χ2n) is 4.18. The van der Waals surface area contributed by atoms with E-state index in [1.807, 2.05) is 18.1 Å². The van der Waals surface area contributed by atoms with Crippen LogP contribution in [0.15, 0.2) is 18.2 Å². The summed E-state index contributed by atoms with van der Waals surface area (Å²) >= 11 is 1.66. The van der Waals surface area contributed by atoms with E-state index in [1.54, 1.807) is 18.8 Å². The third kappa shape index (κ3) is 3.60. The number of benzene rings is 1. The molecule has 0 aliphatic heterocycles. The van der Waals surface area contributed by atoms with Gasteiger partial charge in [-0.05, 0) is 19.2 Å². The number of aromatic carboxylic acids is 1. The van der Waals surface area contributed by atoms with E-state index in [4.69, 9.17) is 0 Å². The Bertz CT molecular complexity index is 493. The van der Waals surface area contributed by atoms with Gasteiger partial charge >= 0.3 is 5.97 Å². The van der Waals surface area contributed by atoms with Gasteiger partial charge in [0, 0.05) is 31.0 Å². The number of carboxylic acid groups (broad SMARTS) is 1. The average molecular weight is 284 g/mol. The fourth-order valence-electron chi connectivity index (χ4n) is 1.71. The van der Waals surface area contributed by atoms with Crippen molar-refractivity contribution in [2.75, 3.05) is 24.0 Å². The van der Waals surface area contributed by atoms with Crippen molar-refractivity contribution in [3.63, 3.8) is 0 Å². The van der Waals surface area contributed by atoms with Crippen molar-refractivity contribution in [2.45, 2.75) is 13.0 Å². The lowest BCUT2D eigenvalue weighted by molar-refractivity contribution is -0.384. The van der Waals surface area contributed by atoms with E-state index < -0.39 is 10.9 Å². The number of carboxylic acids is 1. The van der Waals surface area contributed by atoms with Crippen LogP contribution in [0.25, 0.3) is 0 Å². The highest BCUT2D eigenvalue weighted by molar-refractivity contribution is 7.98. The Hall–Kier alpha value is -1.76. The lowest BCUT2D eigenvalue weighted by atomic mass is 10.1. The van der Waals surface area contributed by atoms with Gasteiger partial charge in [0.2, 0.25) is 0 Å². The third-order valence-electron chi connectivity index (χ3n) is 2.87. The molecule has 0 spiro atoms. The molecule has 0 bridgehead atoms. The number of nitro benzene ring substituents is 1. The molecule has 7 heteroatoms. The number of thioether (sulfide) groups is 1. The molecular formula is C12H16N2O4S. The van der Waals surface area contributed by atoms with E-state index >= 15 is 0 Å². The molecule has 19 heavy (non-hydrogen) atoms. The largest absolute Gasteiger partial charge is 0.478 e. The summed E-state index contributed by atoms with van der Waals surface area (Å²) in [5, 5.41) is 19.9. The van der Waals surface area contributed by atoms with Gasteiger partial charge in [0.05, 0.1) is 16.2 Å². The lowest BCUT2D eigenvalue weighted by Gasteiger charge is -2.27. The van der Waals surface area contributed by atoms with Crippen LogP contribution in [0.1, 0.15) is 17.3 Å². The van der Waals surface area contributed by atoms with Gasteiger partial charge in [0.25, 0.3) is 5.69 Å². The molecule has 0 heterocycles. The second-order valence-corrected chi connectivity index (χ2v) is 5.09. The summed E-state index contributed by atoms with van der Waals surface area (Å²) in [4.78, 5) is 23.1. The van der Waals surface area contributed by atoms with Crippen LogP contribution in [0.5, 0.6) is 0 Å². The first-order chi connectivity index (χ1) is 8.88. The highest BCUT2D eigenvalue weighted by Gasteiger charge is 2.20. The number of anilines is 1. The lowest BCUT2D eigenvalue weighted by Crippen LogP contribution is -2.32. The van der Waals surface area contributed by atoms with Crippen LogP contribution in [0.2, 0.25) is 0 Å². The van der Waals surface area contributed by atoms with E-state index in [2.05, 4.69) is 0 Å². The predicted molar refractivity (Wildman–Crippen MR) is 76.3 cm³/mol. The molecule has 104 valence electrons. The van der Waals surface area contributed by atoms with Crippen molar-refractivity contribution < 1.29 is 14.8 Å². The molecule has 1 N–H and O–H groups in total. The number of nitrogens with zero attached hydrogens (tertiary/aromatic N) is 2. The summed E-state index contributed by atoms with van der Waals surface area (Å²) in [6, 6.07) is 4.04. The van der Waals surface area contributed by atoms with Gasteiger partial charge < -0.3 is 10.0 Å². The Morgan fingerprint density at radius 1 is 1.58 bits per heavy atom. The molecule has 0 radical (unpaired) electrons. The predicted octanol–water partition coefficient (Wildman–Crippen LogP) is 2.48. The summed E-state index contributed by atoms with van der Waals surface area (Å²) in [6.07, 6.45) is 1.97. The first-order valence-electron chi connectivity index (χ1n) is 5.62. The highest BCUT2D eigenvalue weighted by Crippen LogP contribution is 2.26. The average Bonchev–Trinajstić information content (AvgIpc) is 2.37. The molecule has 1 aromatic rings. The van der Waals surface area contributed by atoms with Crippen LogP contribution in [-0.2, 0) is 0 Å². The van der Waals surface area contributed by atoms with Gasteiger partial charge in [-0.25, -0.2) is 4.79 Å². The molecule has 0 aliphatic rings. The monoisotopic (exact) mass is 284 g/mol. The van der Waals surface area contributed by atoms with Crippen LogP contribution >= 0.6 is 11.8 Å². The van der Waals surface area contributed by atoms with Gasteiger partial charge in [-0.1, -0.05) is 0 Å². The molecule has 0 amide bonds. The summed E-state index contributed by atoms with van der Waals surface area (Å²) in [5.74, 6) is -0.325. The van der Waals surface area contributed by atoms with Crippen molar-refractivity contribution in [1.29, 1.82) is 0 Å². The Balaban J connectivity index is 3.20. The maximum atomic E-state index is 11.2. The van der Waals surface area contributed by atoms with E-state index in [-0.39, 0.29) is 17.3 Å². The fraction of sp³-hybridized carbons (Fsp3) is 0.417. The number of hydrogen-bond acceptors (Lipinski definition) is 5. The van der Waals surface area contributed by atoms with E-state index in [9.17, 15) is 20.0 Å². The Morgan fingerprint density at radius 3 is 2.68 bits per heavy atom. The SMILES string of the molecule is CSCC(C)N(C)c1ccc([N+](=O)[O-])cc1C(=O)O. The quantitative estimate of drug-likeness (QED) is 0.638.